The second kappa shape index (κ2) is 6.75. The van der Waals surface area contributed by atoms with Gasteiger partial charge in [-0.15, -0.1) is 0 Å². The Hall–Kier alpha value is -1.46. The molecule has 1 aromatic carbocycles. The zero-order valence-electron chi connectivity index (χ0n) is 13.4. The van der Waals surface area contributed by atoms with Gasteiger partial charge in [-0.25, -0.2) is 4.79 Å². The quantitative estimate of drug-likeness (QED) is 0.894. The van der Waals surface area contributed by atoms with Crippen LogP contribution < -0.4 is 10.2 Å². The number of carbonyl (C=O) groups is 1. The van der Waals surface area contributed by atoms with Crippen molar-refractivity contribution in [2.75, 3.05) is 36.9 Å². The number of likely N-dealkylation sites (N-methyl/N-ethyl adjacent to an activating group) is 1. The van der Waals surface area contributed by atoms with Crippen molar-refractivity contribution in [1.82, 2.24) is 4.90 Å². The van der Waals surface area contributed by atoms with E-state index in [9.17, 15) is 9.90 Å². The van der Waals surface area contributed by atoms with E-state index in [1.807, 2.05) is 12.1 Å². The Morgan fingerprint density at radius 1 is 1.41 bits per heavy atom. The van der Waals surface area contributed by atoms with Gasteiger partial charge in [-0.05, 0) is 44.9 Å². The summed E-state index contributed by atoms with van der Waals surface area (Å²) in [6.07, 6.45) is 2.38. The van der Waals surface area contributed by atoms with Gasteiger partial charge in [0.1, 0.15) is 0 Å². The molecule has 122 valence electrons. The van der Waals surface area contributed by atoms with Gasteiger partial charge in [-0.1, -0.05) is 11.6 Å². The molecule has 1 aliphatic rings. The van der Waals surface area contributed by atoms with Gasteiger partial charge in [0.05, 0.1) is 22.9 Å². The van der Waals surface area contributed by atoms with E-state index >= 15 is 0 Å². The molecule has 2 rings (SSSR count). The lowest BCUT2D eigenvalue weighted by molar-refractivity contribution is 0.0550. The summed E-state index contributed by atoms with van der Waals surface area (Å²) >= 11 is 6.33. The monoisotopic (exact) mass is 325 g/mol. The Kier molecular flexibility index (Phi) is 5.19. The molecule has 6 heteroatoms. The molecule has 1 fully saturated rings. The van der Waals surface area contributed by atoms with Crippen LogP contribution in [0.25, 0.3) is 0 Å². The molecule has 1 aromatic rings. The fourth-order valence-electron chi connectivity index (χ4n) is 2.67. The summed E-state index contributed by atoms with van der Waals surface area (Å²) in [5.74, 6) is 0. The Labute approximate surface area is 136 Å². The number of urea groups is 1. The highest BCUT2D eigenvalue weighted by atomic mass is 35.5. The van der Waals surface area contributed by atoms with Crippen LogP contribution in [0, 0.1) is 0 Å². The van der Waals surface area contributed by atoms with E-state index < -0.39 is 5.60 Å². The maximum atomic E-state index is 12.1. The summed E-state index contributed by atoms with van der Waals surface area (Å²) < 4.78 is 0. The molecule has 22 heavy (non-hydrogen) atoms. The number of aliphatic hydroxyl groups is 1. The van der Waals surface area contributed by atoms with Crippen LogP contribution >= 0.6 is 11.6 Å². The van der Waals surface area contributed by atoms with Crippen LogP contribution in [-0.4, -0.2) is 48.3 Å². The number of hydrogen-bond acceptors (Lipinski definition) is 3. The topological polar surface area (TPSA) is 55.8 Å². The lowest BCUT2D eigenvalue weighted by atomic mass is 10.1. The largest absolute Gasteiger partial charge is 0.389 e. The summed E-state index contributed by atoms with van der Waals surface area (Å²) in [6.45, 7) is 5.63. The van der Waals surface area contributed by atoms with Gasteiger partial charge in [0.25, 0.3) is 0 Å². The molecule has 2 amide bonds. The Morgan fingerprint density at radius 2 is 2.05 bits per heavy atom. The average molecular weight is 326 g/mol. The lowest BCUT2D eigenvalue weighted by Crippen LogP contribution is -2.41. The van der Waals surface area contributed by atoms with Gasteiger partial charge in [0, 0.05) is 25.8 Å². The van der Waals surface area contributed by atoms with E-state index in [0.29, 0.717) is 10.7 Å². The minimum Gasteiger partial charge on any atom is -0.389 e. The van der Waals surface area contributed by atoms with Crippen molar-refractivity contribution in [3.8, 4) is 0 Å². The standard InChI is InChI=1S/C16H24ClN3O2/c1-16(2,22)11-19(3)15(21)18-12-6-7-14(13(17)10-12)20-8-4-5-9-20/h6-7,10,22H,4-5,8-9,11H2,1-3H3,(H,18,21). The van der Waals surface area contributed by atoms with Crippen LogP contribution in [0.5, 0.6) is 0 Å². The van der Waals surface area contributed by atoms with Crippen LogP contribution in [0.2, 0.25) is 5.02 Å². The van der Waals surface area contributed by atoms with E-state index in [1.54, 1.807) is 27.0 Å². The van der Waals surface area contributed by atoms with Crippen LogP contribution in [0.15, 0.2) is 18.2 Å². The summed E-state index contributed by atoms with van der Waals surface area (Å²) in [5.41, 5.74) is 0.742. The van der Waals surface area contributed by atoms with Crippen molar-refractivity contribution in [1.29, 1.82) is 0 Å². The normalized spacial score (nSPS) is 15.0. The number of hydrogen-bond donors (Lipinski definition) is 2. The molecular formula is C16H24ClN3O2. The lowest BCUT2D eigenvalue weighted by Gasteiger charge is -2.26. The maximum absolute atomic E-state index is 12.1. The Bertz CT molecular complexity index is 537. The van der Waals surface area contributed by atoms with Crippen LogP contribution in [0.3, 0.4) is 0 Å². The summed E-state index contributed by atoms with van der Waals surface area (Å²) in [6, 6.07) is 5.30. The second-order valence-electron chi connectivity index (χ2n) is 6.46. The van der Waals surface area contributed by atoms with Crippen LogP contribution in [0.4, 0.5) is 16.2 Å². The predicted octanol–water partition coefficient (Wildman–Crippen LogP) is 3.17. The minimum atomic E-state index is -0.927. The van der Waals surface area contributed by atoms with Gasteiger partial charge in [0.2, 0.25) is 0 Å². The number of nitrogens with zero attached hydrogens (tertiary/aromatic N) is 2. The molecule has 5 nitrogen and oxygen atoms in total. The third kappa shape index (κ3) is 4.52. The first-order valence-electron chi connectivity index (χ1n) is 7.55. The molecule has 0 radical (unpaired) electrons. The third-order valence-electron chi connectivity index (χ3n) is 3.62. The first-order chi connectivity index (χ1) is 10.3. The van der Waals surface area contributed by atoms with Crippen molar-refractivity contribution < 1.29 is 9.90 Å². The fourth-order valence-corrected chi connectivity index (χ4v) is 2.97. The Balaban J connectivity index is 2.01. The predicted molar refractivity (Wildman–Crippen MR) is 90.8 cm³/mol. The number of carbonyl (C=O) groups excluding carboxylic acids is 1. The summed E-state index contributed by atoms with van der Waals surface area (Å²) in [4.78, 5) is 15.8. The summed E-state index contributed by atoms with van der Waals surface area (Å²) in [5, 5.41) is 13.2. The average Bonchev–Trinajstić information content (AvgIpc) is 2.90. The first-order valence-corrected chi connectivity index (χ1v) is 7.93. The van der Waals surface area contributed by atoms with Gasteiger partial charge in [-0.3, -0.25) is 0 Å². The Morgan fingerprint density at radius 3 is 2.59 bits per heavy atom. The minimum absolute atomic E-state index is 0.248. The number of anilines is 2. The highest BCUT2D eigenvalue weighted by Gasteiger charge is 2.20. The molecule has 0 spiro atoms. The molecule has 0 saturated carbocycles. The van der Waals surface area contributed by atoms with E-state index in [2.05, 4.69) is 10.2 Å². The number of halogens is 1. The maximum Gasteiger partial charge on any atom is 0.321 e. The van der Waals surface area contributed by atoms with Crippen LogP contribution in [-0.2, 0) is 0 Å². The highest BCUT2D eigenvalue weighted by Crippen LogP contribution is 2.31. The molecule has 0 bridgehead atoms. The number of benzene rings is 1. The van der Waals surface area contributed by atoms with E-state index in [0.717, 1.165) is 18.8 Å². The zero-order valence-corrected chi connectivity index (χ0v) is 14.2. The molecule has 1 aliphatic heterocycles. The summed E-state index contributed by atoms with van der Waals surface area (Å²) in [7, 11) is 1.65. The van der Waals surface area contributed by atoms with Crippen molar-refractivity contribution in [2.24, 2.45) is 0 Å². The highest BCUT2D eigenvalue weighted by molar-refractivity contribution is 6.33. The third-order valence-corrected chi connectivity index (χ3v) is 3.92. The smallest absolute Gasteiger partial charge is 0.321 e. The van der Waals surface area contributed by atoms with Crippen molar-refractivity contribution in [3.05, 3.63) is 23.2 Å². The van der Waals surface area contributed by atoms with Gasteiger partial charge < -0.3 is 20.2 Å². The van der Waals surface area contributed by atoms with E-state index in [1.165, 1.54) is 17.7 Å². The molecule has 1 heterocycles. The molecule has 1 saturated heterocycles. The number of nitrogens with one attached hydrogen (secondary N) is 1. The van der Waals surface area contributed by atoms with Crippen molar-refractivity contribution in [2.45, 2.75) is 32.3 Å². The number of amides is 2. The molecule has 0 unspecified atom stereocenters. The second-order valence-corrected chi connectivity index (χ2v) is 6.87. The molecular weight excluding hydrogens is 302 g/mol. The van der Waals surface area contributed by atoms with Gasteiger partial charge >= 0.3 is 6.03 Å². The van der Waals surface area contributed by atoms with E-state index in [-0.39, 0.29) is 12.6 Å². The van der Waals surface area contributed by atoms with Crippen LogP contribution in [0.1, 0.15) is 26.7 Å². The molecule has 2 N–H and O–H groups in total. The molecule has 0 aliphatic carbocycles. The SMILES string of the molecule is CN(CC(C)(C)O)C(=O)Nc1ccc(N2CCCC2)c(Cl)c1. The zero-order chi connectivity index (χ0) is 16.3. The molecule has 0 aromatic heterocycles. The van der Waals surface area contributed by atoms with Crippen molar-refractivity contribution >= 4 is 29.0 Å². The first kappa shape index (κ1) is 16.9. The van der Waals surface area contributed by atoms with Gasteiger partial charge in [-0.2, -0.15) is 0 Å². The number of rotatable bonds is 4. The van der Waals surface area contributed by atoms with E-state index in [4.69, 9.17) is 11.6 Å². The fraction of sp³-hybridized carbons (Fsp3) is 0.562. The van der Waals surface area contributed by atoms with Crippen molar-refractivity contribution in [3.63, 3.8) is 0 Å². The van der Waals surface area contributed by atoms with Gasteiger partial charge in [0.15, 0.2) is 0 Å². The molecule has 0 atom stereocenters.